The molecule has 0 spiro atoms. The number of amides is 1. The van der Waals surface area contributed by atoms with Crippen LogP contribution in [0.25, 0.3) is 6.08 Å². The molecule has 0 aromatic heterocycles. The van der Waals surface area contributed by atoms with Gasteiger partial charge in [0.05, 0.1) is 17.7 Å². The van der Waals surface area contributed by atoms with Crippen molar-refractivity contribution in [3.63, 3.8) is 0 Å². The number of hydrogen-bond donors (Lipinski definition) is 1. The molecular formula is C18H14F2N2O3S. The number of carbonyl (C=O) groups is 1. The summed E-state index contributed by atoms with van der Waals surface area (Å²) in [6, 6.07) is 13.7. The molecule has 8 heteroatoms. The first-order chi connectivity index (χ1) is 12.5. The summed E-state index contributed by atoms with van der Waals surface area (Å²) in [7, 11) is 1.36. The fourth-order valence-electron chi connectivity index (χ4n) is 2.22. The van der Waals surface area contributed by atoms with Crippen LogP contribution in [0.3, 0.4) is 0 Å². The van der Waals surface area contributed by atoms with Gasteiger partial charge in [-0.05, 0) is 47.7 Å². The Kier molecular flexibility index (Phi) is 5.52. The second-order valence-corrected chi connectivity index (χ2v) is 6.14. The van der Waals surface area contributed by atoms with Gasteiger partial charge in [-0.25, -0.2) is 4.99 Å². The van der Waals surface area contributed by atoms with Crippen molar-refractivity contribution in [2.75, 3.05) is 7.11 Å². The van der Waals surface area contributed by atoms with E-state index in [1.165, 1.54) is 31.0 Å². The van der Waals surface area contributed by atoms with Crippen LogP contribution in [0.1, 0.15) is 5.56 Å². The van der Waals surface area contributed by atoms with Crippen molar-refractivity contribution in [2.45, 2.75) is 6.61 Å². The van der Waals surface area contributed by atoms with Gasteiger partial charge in [0.1, 0.15) is 0 Å². The van der Waals surface area contributed by atoms with Crippen molar-refractivity contribution < 1.29 is 23.0 Å². The zero-order valence-electron chi connectivity index (χ0n) is 13.6. The summed E-state index contributed by atoms with van der Waals surface area (Å²) in [6.45, 7) is -2.97. The van der Waals surface area contributed by atoms with Gasteiger partial charge in [-0.15, -0.1) is 0 Å². The number of para-hydroxylation sites is 1. The SMILES string of the molecule is COc1ccc(/C=C2\SC(=Nc3ccccc3)NC2=O)cc1OC(F)F. The highest BCUT2D eigenvalue weighted by Crippen LogP contribution is 2.33. The second kappa shape index (κ2) is 8.01. The highest BCUT2D eigenvalue weighted by Gasteiger charge is 2.24. The quantitative estimate of drug-likeness (QED) is 0.795. The normalized spacial score (nSPS) is 17.0. The number of alkyl halides is 2. The summed E-state index contributed by atoms with van der Waals surface area (Å²) in [5, 5.41) is 3.12. The molecule has 0 unspecified atom stereocenters. The highest BCUT2D eigenvalue weighted by atomic mass is 32.2. The molecule has 1 amide bonds. The number of methoxy groups -OCH3 is 1. The van der Waals surface area contributed by atoms with Gasteiger partial charge in [-0.1, -0.05) is 24.3 Å². The molecule has 2 aromatic carbocycles. The van der Waals surface area contributed by atoms with Gasteiger partial charge in [0, 0.05) is 0 Å². The fourth-order valence-corrected chi connectivity index (χ4v) is 3.06. The first-order valence-corrected chi connectivity index (χ1v) is 8.34. The summed E-state index contributed by atoms with van der Waals surface area (Å²) in [5.41, 5.74) is 1.24. The van der Waals surface area contributed by atoms with E-state index in [-0.39, 0.29) is 17.4 Å². The fraction of sp³-hybridized carbons (Fsp3) is 0.111. The molecule has 0 radical (unpaired) electrons. The monoisotopic (exact) mass is 376 g/mol. The van der Waals surface area contributed by atoms with E-state index in [1.54, 1.807) is 12.1 Å². The van der Waals surface area contributed by atoms with Gasteiger partial charge in [-0.3, -0.25) is 4.79 Å². The molecule has 1 N–H and O–H groups in total. The molecule has 0 aliphatic carbocycles. The van der Waals surface area contributed by atoms with Gasteiger partial charge < -0.3 is 14.8 Å². The number of halogens is 2. The van der Waals surface area contributed by atoms with Crippen molar-refractivity contribution in [1.82, 2.24) is 5.32 Å². The van der Waals surface area contributed by atoms with E-state index in [2.05, 4.69) is 15.0 Å². The summed E-state index contributed by atoms with van der Waals surface area (Å²) in [5.74, 6) is -0.224. The van der Waals surface area contributed by atoms with E-state index in [0.29, 0.717) is 21.3 Å². The molecule has 2 aromatic rings. The Bertz CT molecular complexity index is 870. The molecule has 1 aliphatic heterocycles. The van der Waals surface area contributed by atoms with Crippen LogP contribution in [-0.2, 0) is 4.79 Å². The highest BCUT2D eigenvalue weighted by molar-refractivity contribution is 8.18. The van der Waals surface area contributed by atoms with E-state index >= 15 is 0 Å². The first kappa shape index (κ1) is 17.9. The largest absolute Gasteiger partial charge is 0.493 e. The number of benzene rings is 2. The third-order valence-corrected chi connectivity index (χ3v) is 4.25. The Balaban J connectivity index is 1.83. The molecule has 1 aliphatic rings. The molecule has 1 heterocycles. The van der Waals surface area contributed by atoms with Crippen LogP contribution in [0, 0.1) is 0 Å². The smallest absolute Gasteiger partial charge is 0.387 e. The standard InChI is InChI=1S/C18H14F2N2O3S/c1-24-13-8-7-11(9-14(13)25-17(19)20)10-15-16(23)22-18(26-15)21-12-5-3-2-4-6-12/h2-10,17H,1H3,(H,21,22,23)/b15-10-. The first-order valence-electron chi connectivity index (χ1n) is 7.52. The summed E-state index contributed by atoms with van der Waals surface area (Å²) in [4.78, 5) is 16.9. The van der Waals surface area contributed by atoms with Crippen molar-refractivity contribution in [3.8, 4) is 11.5 Å². The van der Waals surface area contributed by atoms with Crippen LogP contribution in [0.15, 0.2) is 58.4 Å². The van der Waals surface area contributed by atoms with E-state index in [1.807, 2.05) is 30.3 Å². The molecule has 5 nitrogen and oxygen atoms in total. The molecule has 0 atom stereocenters. The number of ether oxygens (including phenoxy) is 2. The molecule has 134 valence electrons. The van der Waals surface area contributed by atoms with Gasteiger partial charge in [0.15, 0.2) is 16.7 Å². The number of hydrogen-bond acceptors (Lipinski definition) is 5. The lowest BCUT2D eigenvalue weighted by Crippen LogP contribution is -2.19. The van der Waals surface area contributed by atoms with Gasteiger partial charge >= 0.3 is 6.61 Å². The van der Waals surface area contributed by atoms with E-state index < -0.39 is 6.61 Å². The Hall–Kier alpha value is -2.87. The number of nitrogens with one attached hydrogen (secondary N) is 1. The van der Waals surface area contributed by atoms with Crippen LogP contribution < -0.4 is 14.8 Å². The second-order valence-electron chi connectivity index (χ2n) is 5.11. The lowest BCUT2D eigenvalue weighted by Gasteiger charge is -2.10. The van der Waals surface area contributed by atoms with E-state index in [0.717, 1.165) is 0 Å². The van der Waals surface area contributed by atoms with Crippen LogP contribution in [0.4, 0.5) is 14.5 Å². The molecule has 0 bridgehead atoms. The van der Waals surface area contributed by atoms with Crippen molar-refractivity contribution >= 4 is 34.6 Å². The van der Waals surface area contributed by atoms with Gasteiger partial charge in [0.25, 0.3) is 5.91 Å². The van der Waals surface area contributed by atoms with E-state index in [9.17, 15) is 13.6 Å². The van der Waals surface area contributed by atoms with Crippen molar-refractivity contribution in [1.29, 1.82) is 0 Å². The summed E-state index contributed by atoms with van der Waals surface area (Å²) >= 11 is 1.17. The average Bonchev–Trinajstić information content (AvgIpc) is 2.94. The van der Waals surface area contributed by atoms with Gasteiger partial charge in [-0.2, -0.15) is 8.78 Å². The maximum Gasteiger partial charge on any atom is 0.387 e. The molecule has 1 saturated heterocycles. The molecule has 3 rings (SSSR count). The zero-order chi connectivity index (χ0) is 18.5. The predicted octanol–water partition coefficient (Wildman–Crippen LogP) is 4.19. The molecular weight excluding hydrogens is 362 g/mol. The Morgan fingerprint density at radius 1 is 1.15 bits per heavy atom. The minimum absolute atomic E-state index is 0.0987. The Morgan fingerprint density at radius 3 is 2.62 bits per heavy atom. The average molecular weight is 376 g/mol. The number of nitrogens with zero attached hydrogens (tertiary/aromatic N) is 1. The maximum absolute atomic E-state index is 12.5. The van der Waals surface area contributed by atoms with Gasteiger partial charge in [0.2, 0.25) is 0 Å². The molecule has 26 heavy (non-hydrogen) atoms. The maximum atomic E-state index is 12.5. The zero-order valence-corrected chi connectivity index (χ0v) is 14.4. The van der Waals surface area contributed by atoms with E-state index in [4.69, 9.17) is 4.74 Å². The third-order valence-electron chi connectivity index (χ3n) is 3.34. The van der Waals surface area contributed by atoms with Crippen LogP contribution in [0.2, 0.25) is 0 Å². The minimum Gasteiger partial charge on any atom is -0.493 e. The molecule has 0 saturated carbocycles. The summed E-state index contributed by atoms with van der Waals surface area (Å²) < 4.78 is 34.5. The number of aliphatic imine (C=N–C) groups is 1. The van der Waals surface area contributed by atoms with Crippen LogP contribution in [0.5, 0.6) is 11.5 Å². The number of rotatable bonds is 5. The number of thioether (sulfide) groups is 1. The Morgan fingerprint density at radius 2 is 1.92 bits per heavy atom. The van der Waals surface area contributed by atoms with Crippen molar-refractivity contribution in [3.05, 3.63) is 59.0 Å². The predicted molar refractivity (Wildman–Crippen MR) is 96.9 cm³/mol. The minimum atomic E-state index is -2.97. The van der Waals surface area contributed by atoms with Crippen LogP contribution >= 0.6 is 11.8 Å². The third kappa shape index (κ3) is 4.40. The topological polar surface area (TPSA) is 59.9 Å². The number of carbonyl (C=O) groups excluding carboxylic acids is 1. The lowest BCUT2D eigenvalue weighted by molar-refractivity contribution is -0.115. The molecule has 1 fully saturated rings. The number of amidine groups is 1. The van der Waals surface area contributed by atoms with Crippen molar-refractivity contribution in [2.24, 2.45) is 4.99 Å². The summed E-state index contributed by atoms with van der Waals surface area (Å²) in [6.07, 6.45) is 1.57. The Labute approximate surface area is 152 Å². The lowest BCUT2D eigenvalue weighted by atomic mass is 10.2. The van der Waals surface area contributed by atoms with Crippen LogP contribution in [-0.4, -0.2) is 24.8 Å².